The number of ether oxygens (including phenoxy) is 1. The van der Waals surface area contributed by atoms with Gasteiger partial charge >= 0.3 is 0 Å². The molecule has 1 heterocycles. The Labute approximate surface area is 118 Å². The van der Waals surface area contributed by atoms with Gasteiger partial charge in [-0.3, -0.25) is 4.79 Å². The second kappa shape index (κ2) is 6.81. The number of amides is 1. The zero-order valence-corrected chi connectivity index (χ0v) is 11.7. The Bertz CT molecular complexity index is 457. The summed E-state index contributed by atoms with van der Waals surface area (Å²) in [6, 6.07) is 6.17. The normalized spacial score (nSPS) is 18.1. The molecule has 0 aliphatic carbocycles. The van der Waals surface area contributed by atoms with Crippen LogP contribution in [0.4, 0.5) is 4.39 Å². The van der Waals surface area contributed by atoms with E-state index in [2.05, 4.69) is 0 Å². The first-order chi connectivity index (χ1) is 9.58. The Morgan fingerprint density at radius 1 is 1.45 bits per heavy atom. The van der Waals surface area contributed by atoms with Crippen molar-refractivity contribution >= 4 is 5.91 Å². The van der Waals surface area contributed by atoms with E-state index in [1.54, 1.807) is 30.0 Å². The molecule has 2 N–H and O–H groups in total. The standard InChI is InChI=1S/C15H21FN2O2/c1-11(17)15(19)18-8-6-13(7-9-18)20-10-12-4-2-3-5-14(12)16/h2-5,11,13H,6-10,17H2,1H3. The Morgan fingerprint density at radius 2 is 2.10 bits per heavy atom. The monoisotopic (exact) mass is 280 g/mol. The third-order valence-electron chi connectivity index (χ3n) is 3.58. The van der Waals surface area contributed by atoms with Crippen LogP contribution in [0.3, 0.4) is 0 Å². The molecule has 1 fully saturated rings. The molecule has 5 heteroatoms. The van der Waals surface area contributed by atoms with E-state index in [9.17, 15) is 9.18 Å². The summed E-state index contributed by atoms with van der Waals surface area (Å²) in [5, 5.41) is 0. The molecular weight excluding hydrogens is 259 g/mol. The summed E-state index contributed by atoms with van der Waals surface area (Å²) in [5.74, 6) is -0.255. The number of carbonyl (C=O) groups excluding carboxylic acids is 1. The molecule has 0 bridgehead atoms. The third-order valence-corrected chi connectivity index (χ3v) is 3.58. The molecule has 1 aliphatic rings. The topological polar surface area (TPSA) is 55.6 Å². The lowest BCUT2D eigenvalue weighted by molar-refractivity contribution is -0.135. The molecule has 0 aromatic heterocycles. The van der Waals surface area contributed by atoms with E-state index >= 15 is 0 Å². The van der Waals surface area contributed by atoms with Crippen molar-refractivity contribution in [3.8, 4) is 0 Å². The van der Waals surface area contributed by atoms with Crippen LogP contribution in [0.2, 0.25) is 0 Å². The summed E-state index contributed by atoms with van der Waals surface area (Å²) >= 11 is 0. The van der Waals surface area contributed by atoms with Gasteiger partial charge in [0.15, 0.2) is 0 Å². The maximum atomic E-state index is 13.5. The van der Waals surface area contributed by atoms with Crippen LogP contribution < -0.4 is 5.73 Å². The van der Waals surface area contributed by atoms with Crippen LogP contribution in [0.1, 0.15) is 25.3 Å². The van der Waals surface area contributed by atoms with Gasteiger partial charge in [0, 0.05) is 18.7 Å². The number of carbonyl (C=O) groups is 1. The summed E-state index contributed by atoms with van der Waals surface area (Å²) in [5.41, 5.74) is 6.16. The predicted molar refractivity (Wildman–Crippen MR) is 74.4 cm³/mol. The summed E-state index contributed by atoms with van der Waals surface area (Å²) in [6.45, 7) is 3.28. The Kier molecular flexibility index (Phi) is 5.09. The van der Waals surface area contributed by atoms with E-state index in [0.717, 1.165) is 12.8 Å². The van der Waals surface area contributed by atoms with Crippen LogP contribution in [0, 0.1) is 5.82 Å². The second-order valence-electron chi connectivity index (χ2n) is 5.22. The first-order valence-corrected chi connectivity index (χ1v) is 6.97. The maximum Gasteiger partial charge on any atom is 0.239 e. The fraction of sp³-hybridized carbons (Fsp3) is 0.533. The van der Waals surface area contributed by atoms with Crippen LogP contribution in [0.15, 0.2) is 24.3 Å². The van der Waals surface area contributed by atoms with Crippen molar-refractivity contribution in [2.24, 2.45) is 5.73 Å². The first kappa shape index (κ1) is 14.9. The average molecular weight is 280 g/mol. The van der Waals surface area contributed by atoms with Crippen LogP contribution in [-0.4, -0.2) is 36.0 Å². The largest absolute Gasteiger partial charge is 0.373 e. The molecule has 110 valence electrons. The van der Waals surface area contributed by atoms with Gasteiger partial charge in [0.2, 0.25) is 5.91 Å². The minimum absolute atomic E-state index is 0.0162. The summed E-state index contributed by atoms with van der Waals surface area (Å²) in [7, 11) is 0. The number of nitrogens with two attached hydrogens (primary N) is 1. The van der Waals surface area contributed by atoms with E-state index < -0.39 is 6.04 Å². The Hall–Kier alpha value is -1.46. The van der Waals surface area contributed by atoms with E-state index in [1.165, 1.54) is 6.07 Å². The summed E-state index contributed by atoms with van der Waals surface area (Å²) in [4.78, 5) is 13.5. The molecule has 20 heavy (non-hydrogen) atoms. The summed E-state index contributed by atoms with van der Waals surface area (Å²) in [6.07, 6.45) is 1.62. The predicted octanol–water partition coefficient (Wildman–Crippen LogP) is 1.68. The highest BCUT2D eigenvalue weighted by Gasteiger charge is 2.24. The zero-order chi connectivity index (χ0) is 14.5. The van der Waals surface area contributed by atoms with Gasteiger partial charge in [0.25, 0.3) is 0 Å². The molecule has 0 radical (unpaired) electrons. The summed E-state index contributed by atoms with van der Waals surface area (Å²) < 4.78 is 19.2. The van der Waals surface area contributed by atoms with Gasteiger partial charge in [0.05, 0.1) is 18.8 Å². The SMILES string of the molecule is CC(N)C(=O)N1CCC(OCc2ccccc2F)CC1. The van der Waals surface area contributed by atoms with Gasteiger partial charge in [-0.25, -0.2) is 4.39 Å². The van der Waals surface area contributed by atoms with Gasteiger partial charge in [-0.1, -0.05) is 18.2 Å². The molecule has 2 rings (SSSR count). The smallest absolute Gasteiger partial charge is 0.239 e. The van der Waals surface area contributed by atoms with Crippen molar-refractivity contribution in [3.63, 3.8) is 0 Å². The highest BCUT2D eigenvalue weighted by atomic mass is 19.1. The van der Waals surface area contributed by atoms with Gasteiger partial charge in [-0.05, 0) is 25.8 Å². The van der Waals surface area contributed by atoms with Crippen molar-refractivity contribution in [1.29, 1.82) is 0 Å². The van der Waals surface area contributed by atoms with Crippen molar-refractivity contribution < 1.29 is 13.9 Å². The van der Waals surface area contributed by atoms with E-state index in [4.69, 9.17) is 10.5 Å². The van der Waals surface area contributed by atoms with Gasteiger partial charge < -0.3 is 15.4 Å². The number of benzene rings is 1. The van der Waals surface area contributed by atoms with Crippen molar-refractivity contribution in [2.45, 2.75) is 38.5 Å². The van der Waals surface area contributed by atoms with Crippen LogP contribution in [0.25, 0.3) is 0 Å². The minimum atomic E-state index is -0.453. The molecule has 1 unspecified atom stereocenters. The average Bonchev–Trinajstić information content (AvgIpc) is 2.46. The molecule has 1 aliphatic heterocycles. The lowest BCUT2D eigenvalue weighted by Crippen LogP contribution is -2.47. The number of rotatable bonds is 4. The lowest BCUT2D eigenvalue weighted by atomic mass is 10.1. The number of halogens is 1. The van der Waals surface area contributed by atoms with Gasteiger partial charge in [0.1, 0.15) is 5.82 Å². The van der Waals surface area contributed by atoms with Crippen LogP contribution >= 0.6 is 0 Å². The molecule has 0 spiro atoms. The molecule has 1 amide bonds. The molecule has 1 atom stereocenters. The molecule has 1 saturated heterocycles. The lowest BCUT2D eigenvalue weighted by Gasteiger charge is -2.32. The van der Waals surface area contributed by atoms with Crippen LogP contribution in [-0.2, 0) is 16.1 Å². The maximum absolute atomic E-state index is 13.5. The number of likely N-dealkylation sites (tertiary alicyclic amines) is 1. The number of hydrogen-bond acceptors (Lipinski definition) is 3. The van der Waals surface area contributed by atoms with Gasteiger partial charge in [-0.2, -0.15) is 0 Å². The van der Waals surface area contributed by atoms with E-state index in [0.29, 0.717) is 18.7 Å². The minimum Gasteiger partial charge on any atom is -0.373 e. The molecule has 0 saturated carbocycles. The third kappa shape index (κ3) is 3.77. The Balaban J connectivity index is 1.78. The quantitative estimate of drug-likeness (QED) is 0.913. The second-order valence-corrected chi connectivity index (χ2v) is 5.22. The van der Waals surface area contributed by atoms with E-state index in [-0.39, 0.29) is 24.4 Å². The first-order valence-electron chi connectivity index (χ1n) is 6.97. The zero-order valence-electron chi connectivity index (χ0n) is 11.7. The van der Waals surface area contributed by atoms with Crippen molar-refractivity contribution in [1.82, 2.24) is 4.90 Å². The number of piperidine rings is 1. The van der Waals surface area contributed by atoms with Crippen LogP contribution in [0.5, 0.6) is 0 Å². The molecule has 1 aromatic carbocycles. The fourth-order valence-electron chi connectivity index (χ4n) is 2.35. The van der Waals surface area contributed by atoms with E-state index in [1.807, 2.05) is 0 Å². The Morgan fingerprint density at radius 3 is 2.70 bits per heavy atom. The number of hydrogen-bond donors (Lipinski definition) is 1. The molecule has 1 aromatic rings. The highest BCUT2D eigenvalue weighted by molar-refractivity contribution is 5.81. The van der Waals surface area contributed by atoms with Crippen molar-refractivity contribution in [2.75, 3.05) is 13.1 Å². The highest BCUT2D eigenvalue weighted by Crippen LogP contribution is 2.17. The van der Waals surface area contributed by atoms with Crippen molar-refractivity contribution in [3.05, 3.63) is 35.6 Å². The molecule has 4 nitrogen and oxygen atoms in total. The van der Waals surface area contributed by atoms with Gasteiger partial charge in [-0.15, -0.1) is 0 Å². The molecular formula is C15H21FN2O2. The number of nitrogens with zero attached hydrogens (tertiary/aromatic N) is 1. The fourth-order valence-corrected chi connectivity index (χ4v) is 2.35.